The van der Waals surface area contributed by atoms with E-state index in [1.54, 1.807) is 0 Å². The van der Waals surface area contributed by atoms with Gasteiger partial charge in [-0.25, -0.2) is 0 Å². The Hall–Kier alpha value is -1.39. The monoisotopic (exact) mass is 228 g/mol. The van der Waals surface area contributed by atoms with E-state index in [0.717, 1.165) is 0 Å². The molecule has 0 heterocycles. The molecule has 0 radical (unpaired) electrons. The molecular weight excluding hydrogens is 211 g/mol. The predicted molar refractivity (Wildman–Crippen MR) is 76.0 cm³/mol. The molecule has 16 heavy (non-hydrogen) atoms. The van der Waals surface area contributed by atoms with E-state index >= 15 is 0 Å². The predicted octanol–water partition coefficient (Wildman–Crippen LogP) is 3.90. The van der Waals surface area contributed by atoms with Crippen LogP contribution in [-0.2, 0) is 0 Å². The summed E-state index contributed by atoms with van der Waals surface area (Å²) in [6.07, 6.45) is 0. The Morgan fingerprint density at radius 2 is 1.12 bits per heavy atom. The maximum Gasteiger partial charge on any atom is -0.0157 e. The Morgan fingerprint density at radius 1 is 0.750 bits per heavy atom. The van der Waals surface area contributed by atoms with Crippen molar-refractivity contribution in [3.63, 3.8) is 0 Å². The minimum absolute atomic E-state index is 0. The Bertz CT molecular complexity index is 380. The third-order valence-electron chi connectivity index (χ3n) is 2.25. The Morgan fingerprint density at radius 3 is 1.44 bits per heavy atom. The van der Waals surface area contributed by atoms with E-state index in [2.05, 4.69) is 60.9 Å². The topological polar surface area (TPSA) is 0 Å². The first-order valence-electron chi connectivity index (χ1n) is 4.94. The molecule has 0 saturated carbocycles. The lowest BCUT2D eigenvalue weighted by Crippen LogP contribution is -2.08. The summed E-state index contributed by atoms with van der Waals surface area (Å²) in [5.74, 6) is 2.06. The van der Waals surface area contributed by atoms with Gasteiger partial charge in [0.05, 0.1) is 0 Å². The first-order valence-corrected chi connectivity index (χ1v) is 6.35. The Labute approximate surface area is 99.4 Å². The molecule has 0 fully saturated rings. The van der Waals surface area contributed by atoms with Crippen molar-refractivity contribution in [1.29, 1.82) is 0 Å². The van der Waals surface area contributed by atoms with Crippen molar-refractivity contribution in [2.75, 3.05) is 0 Å². The number of hydrogen-bond acceptors (Lipinski definition) is 0. The quantitative estimate of drug-likeness (QED) is 0.699. The zero-order valence-electron chi connectivity index (χ0n) is 8.51. The fourth-order valence-corrected chi connectivity index (χ4v) is 3.24. The van der Waals surface area contributed by atoms with Crippen LogP contribution >= 0.6 is 7.92 Å². The number of hydrogen-bond donors (Lipinski definition) is 0. The van der Waals surface area contributed by atoms with Crippen LogP contribution in [0.5, 0.6) is 0 Å². The molecule has 0 bridgehead atoms. The molecule has 0 spiro atoms. The van der Waals surface area contributed by atoms with E-state index < -0.39 is 0 Å². The van der Waals surface area contributed by atoms with Crippen LogP contribution in [0.25, 0.3) is 0 Å². The highest BCUT2D eigenvalue weighted by atomic mass is 31.1. The molecule has 0 aliphatic carbocycles. The second-order valence-corrected chi connectivity index (χ2v) is 5.36. The van der Waals surface area contributed by atoms with Crippen molar-refractivity contribution < 1.29 is 0 Å². The molecule has 0 unspecified atom stereocenters. The van der Waals surface area contributed by atoms with Gasteiger partial charge in [0.1, 0.15) is 0 Å². The molecule has 0 aliphatic rings. The molecule has 0 saturated heterocycles. The maximum atomic E-state index is 3.94. The van der Waals surface area contributed by atoms with Crippen molar-refractivity contribution in [2.24, 2.45) is 0 Å². The van der Waals surface area contributed by atoms with E-state index in [0.29, 0.717) is 0 Å². The van der Waals surface area contributed by atoms with Gasteiger partial charge in [0, 0.05) is 0 Å². The molecule has 1 heteroatoms. The van der Waals surface area contributed by atoms with Crippen LogP contribution in [0.4, 0.5) is 0 Å². The third-order valence-corrected chi connectivity index (χ3v) is 4.33. The lowest BCUT2D eigenvalue weighted by Gasteiger charge is -2.13. The molecule has 0 N–H and O–H groups in total. The zero-order valence-corrected chi connectivity index (χ0v) is 9.40. The molecule has 0 nitrogen and oxygen atoms in total. The van der Waals surface area contributed by atoms with Gasteiger partial charge in [-0.15, -0.1) is 0 Å². The second kappa shape index (κ2) is 6.25. The van der Waals surface area contributed by atoms with Gasteiger partial charge in [0.2, 0.25) is 0 Å². The summed E-state index contributed by atoms with van der Waals surface area (Å²) in [6.45, 7) is 3.94. The fourth-order valence-electron chi connectivity index (χ4n) is 1.54. The van der Waals surface area contributed by atoms with Gasteiger partial charge >= 0.3 is 0 Å². The van der Waals surface area contributed by atoms with Gasteiger partial charge in [0.25, 0.3) is 0 Å². The summed E-state index contributed by atoms with van der Waals surface area (Å²) in [4.78, 5) is 0. The standard InChI is InChI=1S/C14H13P.CH4/c1-2-15(13-9-5-3-6-10-13)14-11-7-4-8-12-14;/h2-12H,1H2;1H4. The van der Waals surface area contributed by atoms with E-state index in [4.69, 9.17) is 0 Å². The summed E-state index contributed by atoms with van der Waals surface area (Å²) in [7, 11) is -0.385. The summed E-state index contributed by atoms with van der Waals surface area (Å²) in [5.41, 5.74) is 0. The van der Waals surface area contributed by atoms with Crippen LogP contribution in [0.1, 0.15) is 7.43 Å². The highest BCUT2D eigenvalue weighted by Gasteiger charge is 2.07. The molecule has 0 aromatic heterocycles. The van der Waals surface area contributed by atoms with Crippen LogP contribution in [0.3, 0.4) is 0 Å². The third kappa shape index (κ3) is 2.81. The van der Waals surface area contributed by atoms with Crippen LogP contribution in [0.15, 0.2) is 73.1 Å². The van der Waals surface area contributed by atoms with E-state index in [9.17, 15) is 0 Å². The molecule has 2 aromatic rings. The number of rotatable bonds is 3. The second-order valence-electron chi connectivity index (χ2n) is 3.22. The Balaban J connectivity index is 0.00000128. The van der Waals surface area contributed by atoms with Crippen molar-refractivity contribution in [1.82, 2.24) is 0 Å². The molecule has 0 amide bonds. The summed E-state index contributed by atoms with van der Waals surface area (Å²) in [6, 6.07) is 21.1. The first-order chi connectivity index (χ1) is 7.42. The molecule has 0 atom stereocenters. The van der Waals surface area contributed by atoms with Crippen LogP contribution in [0, 0.1) is 0 Å². The number of benzene rings is 2. The average Bonchev–Trinajstić information content (AvgIpc) is 2.33. The summed E-state index contributed by atoms with van der Waals surface area (Å²) < 4.78 is 0. The minimum atomic E-state index is -0.385. The highest BCUT2D eigenvalue weighted by molar-refractivity contribution is 7.75. The van der Waals surface area contributed by atoms with Crippen LogP contribution < -0.4 is 10.6 Å². The zero-order chi connectivity index (χ0) is 10.5. The van der Waals surface area contributed by atoms with Crippen LogP contribution in [-0.4, -0.2) is 0 Å². The van der Waals surface area contributed by atoms with Gasteiger partial charge in [-0.2, -0.15) is 0 Å². The molecule has 0 aliphatic heterocycles. The maximum absolute atomic E-state index is 3.94. The van der Waals surface area contributed by atoms with Crippen molar-refractivity contribution in [3.05, 3.63) is 73.1 Å². The van der Waals surface area contributed by atoms with Crippen molar-refractivity contribution in [3.8, 4) is 0 Å². The van der Waals surface area contributed by atoms with E-state index in [1.807, 2.05) is 12.1 Å². The summed E-state index contributed by atoms with van der Waals surface area (Å²) >= 11 is 0. The molecule has 2 rings (SSSR count). The van der Waals surface area contributed by atoms with Gasteiger partial charge < -0.3 is 0 Å². The van der Waals surface area contributed by atoms with Gasteiger partial charge in [-0.1, -0.05) is 80.5 Å². The van der Waals surface area contributed by atoms with Gasteiger partial charge in [-0.05, 0) is 18.5 Å². The minimum Gasteiger partial charge on any atom is -0.0980 e. The normalized spacial score (nSPS) is 9.56. The van der Waals surface area contributed by atoms with E-state index in [1.165, 1.54) is 10.6 Å². The molecular formula is C15H17P. The smallest absolute Gasteiger partial charge is 0.0157 e. The average molecular weight is 228 g/mol. The van der Waals surface area contributed by atoms with Crippen molar-refractivity contribution in [2.45, 2.75) is 7.43 Å². The van der Waals surface area contributed by atoms with E-state index in [-0.39, 0.29) is 15.3 Å². The lowest BCUT2D eigenvalue weighted by molar-refractivity contribution is 1.75. The van der Waals surface area contributed by atoms with Crippen molar-refractivity contribution >= 4 is 18.5 Å². The van der Waals surface area contributed by atoms with Gasteiger partial charge in [-0.3, -0.25) is 0 Å². The van der Waals surface area contributed by atoms with Crippen LogP contribution in [0.2, 0.25) is 0 Å². The molecule has 2 aromatic carbocycles. The first kappa shape index (κ1) is 12.7. The summed E-state index contributed by atoms with van der Waals surface area (Å²) in [5, 5.41) is 2.71. The van der Waals surface area contributed by atoms with Gasteiger partial charge in [0.15, 0.2) is 0 Å². The highest BCUT2D eigenvalue weighted by Crippen LogP contribution is 2.33. The lowest BCUT2D eigenvalue weighted by atomic mass is 10.4. The molecule has 82 valence electrons. The fraction of sp³-hybridized carbons (Fsp3) is 0.0667. The SMILES string of the molecule is C.C=CP(c1ccccc1)c1ccccc1. The Kier molecular flexibility index (Phi) is 4.95. The largest absolute Gasteiger partial charge is 0.0980 e.